The molecule has 0 aliphatic carbocycles. The number of nitrogens with one attached hydrogen (secondary N) is 2. The number of aromatic nitrogens is 2. The number of carbonyl (C=O) groups excluding carboxylic acids is 1. The summed E-state index contributed by atoms with van der Waals surface area (Å²) in [6, 6.07) is 3.88. The molecule has 0 radical (unpaired) electrons. The van der Waals surface area contributed by atoms with Gasteiger partial charge in [0.25, 0.3) is 0 Å². The van der Waals surface area contributed by atoms with E-state index in [1.165, 1.54) is 25.7 Å². The van der Waals surface area contributed by atoms with Crippen molar-refractivity contribution in [3.63, 3.8) is 0 Å². The second-order valence-corrected chi connectivity index (χ2v) is 5.72. The quantitative estimate of drug-likeness (QED) is 0.531. The molecule has 0 amide bonds. The standard InChI is InChI=1S/C19H22N4O3/c1-13(2)23-16(6-7-20)19-14(5-4-8-22-19)12-26-18-10-21-9-17(25-3)15(18)11-24/h4-11,13,20,23H,12H2,1-3H3/b16-6-,20-7?. The van der Waals surface area contributed by atoms with Gasteiger partial charge in [-0.05, 0) is 26.0 Å². The van der Waals surface area contributed by atoms with Gasteiger partial charge in [0.15, 0.2) is 17.8 Å². The summed E-state index contributed by atoms with van der Waals surface area (Å²) >= 11 is 0. The third kappa shape index (κ3) is 4.66. The number of rotatable bonds is 9. The lowest BCUT2D eigenvalue weighted by Crippen LogP contribution is -2.22. The maximum absolute atomic E-state index is 11.4. The second kappa shape index (κ2) is 9.31. The highest BCUT2D eigenvalue weighted by molar-refractivity contribution is 5.83. The van der Waals surface area contributed by atoms with Crippen LogP contribution in [0.25, 0.3) is 5.70 Å². The highest BCUT2D eigenvalue weighted by Gasteiger charge is 2.14. The van der Waals surface area contributed by atoms with Crippen LogP contribution in [-0.2, 0) is 6.61 Å². The monoisotopic (exact) mass is 354 g/mol. The van der Waals surface area contributed by atoms with Crippen LogP contribution in [0.2, 0.25) is 0 Å². The molecule has 2 rings (SSSR count). The van der Waals surface area contributed by atoms with Crippen LogP contribution in [0.1, 0.15) is 35.5 Å². The first-order chi connectivity index (χ1) is 12.6. The summed E-state index contributed by atoms with van der Waals surface area (Å²) in [5.74, 6) is 0.693. The Kier molecular flexibility index (Phi) is 6.84. The van der Waals surface area contributed by atoms with Crippen LogP contribution in [0.3, 0.4) is 0 Å². The summed E-state index contributed by atoms with van der Waals surface area (Å²) in [5.41, 5.74) is 2.54. The van der Waals surface area contributed by atoms with Crippen LogP contribution in [0.15, 0.2) is 36.8 Å². The van der Waals surface area contributed by atoms with Crippen molar-refractivity contribution in [1.29, 1.82) is 5.41 Å². The van der Waals surface area contributed by atoms with Crippen molar-refractivity contribution in [1.82, 2.24) is 15.3 Å². The van der Waals surface area contributed by atoms with E-state index >= 15 is 0 Å². The van der Waals surface area contributed by atoms with E-state index in [-0.39, 0.29) is 12.6 Å². The normalized spacial score (nSPS) is 11.2. The van der Waals surface area contributed by atoms with Gasteiger partial charge in [0, 0.05) is 24.0 Å². The Morgan fingerprint density at radius 2 is 2.12 bits per heavy atom. The van der Waals surface area contributed by atoms with E-state index in [9.17, 15) is 4.79 Å². The number of methoxy groups -OCH3 is 1. The summed E-state index contributed by atoms with van der Waals surface area (Å²) in [6.07, 6.45) is 8.16. The Labute approximate surface area is 152 Å². The fraction of sp³-hybridized carbons (Fsp3) is 0.263. The van der Waals surface area contributed by atoms with Gasteiger partial charge in [0.2, 0.25) is 0 Å². The van der Waals surface area contributed by atoms with Crippen LogP contribution in [0.5, 0.6) is 11.5 Å². The zero-order chi connectivity index (χ0) is 18.9. The molecule has 2 aromatic rings. The van der Waals surface area contributed by atoms with Crippen LogP contribution in [-0.4, -0.2) is 35.6 Å². The van der Waals surface area contributed by atoms with Gasteiger partial charge in [-0.25, -0.2) is 0 Å². The number of pyridine rings is 2. The van der Waals surface area contributed by atoms with Crippen molar-refractivity contribution < 1.29 is 14.3 Å². The Hall–Kier alpha value is -3.22. The van der Waals surface area contributed by atoms with E-state index < -0.39 is 0 Å². The fourth-order valence-electron chi connectivity index (χ4n) is 2.37. The lowest BCUT2D eigenvalue weighted by molar-refractivity contribution is 0.111. The number of hydrogen-bond donors (Lipinski definition) is 2. The Morgan fingerprint density at radius 3 is 2.77 bits per heavy atom. The Morgan fingerprint density at radius 1 is 1.35 bits per heavy atom. The molecule has 0 aromatic carbocycles. The fourth-order valence-corrected chi connectivity index (χ4v) is 2.37. The number of carbonyl (C=O) groups is 1. The largest absolute Gasteiger partial charge is 0.494 e. The molecule has 0 unspecified atom stereocenters. The zero-order valence-electron chi connectivity index (χ0n) is 15.0. The number of hydrogen-bond acceptors (Lipinski definition) is 7. The van der Waals surface area contributed by atoms with Crippen LogP contribution < -0.4 is 14.8 Å². The maximum atomic E-state index is 11.4. The van der Waals surface area contributed by atoms with E-state index in [0.29, 0.717) is 29.0 Å². The molecule has 0 saturated carbocycles. The third-order valence-electron chi connectivity index (χ3n) is 3.48. The van der Waals surface area contributed by atoms with Gasteiger partial charge < -0.3 is 20.2 Å². The van der Waals surface area contributed by atoms with E-state index in [2.05, 4.69) is 15.3 Å². The first kappa shape index (κ1) is 19.1. The molecule has 7 nitrogen and oxygen atoms in total. The van der Waals surface area contributed by atoms with Gasteiger partial charge in [-0.1, -0.05) is 6.07 Å². The predicted molar refractivity (Wildman–Crippen MR) is 99.8 cm³/mol. The van der Waals surface area contributed by atoms with Gasteiger partial charge in [-0.2, -0.15) is 0 Å². The summed E-state index contributed by atoms with van der Waals surface area (Å²) < 4.78 is 10.9. The molecule has 136 valence electrons. The molecule has 0 spiro atoms. The lowest BCUT2D eigenvalue weighted by Gasteiger charge is -2.17. The first-order valence-corrected chi connectivity index (χ1v) is 8.12. The Balaban J connectivity index is 2.30. The molecule has 0 atom stereocenters. The molecule has 2 aromatic heterocycles. The molecular weight excluding hydrogens is 332 g/mol. The van der Waals surface area contributed by atoms with Crippen molar-refractivity contribution in [2.24, 2.45) is 0 Å². The maximum Gasteiger partial charge on any atom is 0.157 e. The van der Waals surface area contributed by atoms with Gasteiger partial charge >= 0.3 is 0 Å². The molecule has 0 saturated heterocycles. The highest BCUT2D eigenvalue weighted by atomic mass is 16.5. The molecular formula is C19H22N4O3. The summed E-state index contributed by atoms with van der Waals surface area (Å²) in [4.78, 5) is 19.8. The van der Waals surface area contributed by atoms with Gasteiger partial charge in [0.05, 0.1) is 30.9 Å². The minimum Gasteiger partial charge on any atom is -0.494 e. The van der Waals surface area contributed by atoms with E-state index in [1.807, 2.05) is 26.0 Å². The van der Waals surface area contributed by atoms with Crippen molar-refractivity contribution in [3.8, 4) is 11.5 Å². The zero-order valence-corrected chi connectivity index (χ0v) is 15.0. The van der Waals surface area contributed by atoms with Gasteiger partial charge in [-0.3, -0.25) is 14.8 Å². The minimum atomic E-state index is 0.182. The molecule has 0 fully saturated rings. The third-order valence-corrected chi connectivity index (χ3v) is 3.48. The minimum absolute atomic E-state index is 0.182. The second-order valence-electron chi connectivity index (χ2n) is 5.72. The van der Waals surface area contributed by atoms with Gasteiger partial charge in [0.1, 0.15) is 12.2 Å². The Bertz CT molecular complexity index is 803. The van der Waals surface area contributed by atoms with E-state index in [4.69, 9.17) is 14.9 Å². The van der Waals surface area contributed by atoms with E-state index in [0.717, 1.165) is 11.3 Å². The molecule has 2 heterocycles. The lowest BCUT2D eigenvalue weighted by atomic mass is 10.1. The van der Waals surface area contributed by atoms with Crippen LogP contribution in [0.4, 0.5) is 0 Å². The van der Waals surface area contributed by atoms with Crippen LogP contribution in [0, 0.1) is 5.41 Å². The first-order valence-electron chi connectivity index (χ1n) is 8.12. The molecule has 2 N–H and O–H groups in total. The molecule has 0 bridgehead atoms. The topological polar surface area (TPSA) is 97.2 Å². The smallest absolute Gasteiger partial charge is 0.157 e. The average Bonchev–Trinajstić information content (AvgIpc) is 2.65. The van der Waals surface area contributed by atoms with E-state index in [1.54, 1.807) is 12.3 Å². The van der Waals surface area contributed by atoms with Crippen molar-refractivity contribution in [3.05, 3.63) is 53.6 Å². The summed E-state index contributed by atoms with van der Waals surface area (Å²) in [6.45, 7) is 4.21. The summed E-state index contributed by atoms with van der Waals surface area (Å²) in [5, 5.41) is 10.6. The predicted octanol–water partition coefficient (Wildman–Crippen LogP) is 2.87. The van der Waals surface area contributed by atoms with Crippen molar-refractivity contribution >= 4 is 18.2 Å². The molecule has 26 heavy (non-hydrogen) atoms. The molecule has 0 aliphatic rings. The number of allylic oxidation sites excluding steroid dienone is 1. The average molecular weight is 354 g/mol. The number of aldehydes is 1. The van der Waals surface area contributed by atoms with Crippen molar-refractivity contribution in [2.75, 3.05) is 7.11 Å². The van der Waals surface area contributed by atoms with Crippen LogP contribution >= 0.6 is 0 Å². The van der Waals surface area contributed by atoms with Crippen molar-refractivity contribution in [2.45, 2.75) is 26.5 Å². The number of ether oxygens (including phenoxy) is 2. The molecule has 7 heteroatoms. The summed E-state index contributed by atoms with van der Waals surface area (Å²) in [7, 11) is 1.47. The van der Waals surface area contributed by atoms with Gasteiger partial charge in [-0.15, -0.1) is 0 Å². The SMILES string of the molecule is COc1cncc(OCc2cccnc2/C(=C/C=N)NC(C)C)c1C=O. The number of nitrogens with zero attached hydrogens (tertiary/aromatic N) is 2. The molecule has 0 aliphatic heterocycles. The highest BCUT2D eigenvalue weighted by Crippen LogP contribution is 2.26.